The fourth-order valence-electron chi connectivity index (χ4n) is 1.66. The minimum absolute atomic E-state index is 0.0431. The molecule has 88 valence electrons. The third-order valence-electron chi connectivity index (χ3n) is 2.51. The summed E-state index contributed by atoms with van der Waals surface area (Å²) in [5, 5.41) is 10.8. The molecule has 1 aromatic carbocycles. The first-order valence-corrected chi connectivity index (χ1v) is 5.50. The smallest absolute Gasteiger partial charge is 0.273 e. The maximum absolute atomic E-state index is 10.8. The van der Waals surface area contributed by atoms with Gasteiger partial charge in [-0.25, -0.2) is 4.98 Å². The van der Waals surface area contributed by atoms with Crippen molar-refractivity contribution in [3.63, 3.8) is 0 Å². The van der Waals surface area contributed by atoms with Crippen LogP contribution in [0.25, 0.3) is 5.69 Å². The molecule has 0 unspecified atom stereocenters. The summed E-state index contributed by atoms with van der Waals surface area (Å²) in [6.45, 7) is 1.86. The van der Waals surface area contributed by atoms with Crippen molar-refractivity contribution in [1.29, 1.82) is 0 Å². The first-order valence-electron chi connectivity index (χ1n) is 4.97. The maximum Gasteiger partial charge on any atom is 0.273 e. The van der Waals surface area contributed by atoms with Crippen molar-refractivity contribution in [2.45, 2.75) is 12.8 Å². The number of alkyl halides is 1. The van der Waals surface area contributed by atoms with Gasteiger partial charge in [0.15, 0.2) is 0 Å². The summed E-state index contributed by atoms with van der Waals surface area (Å²) in [7, 11) is 0. The Morgan fingerprint density at radius 2 is 2.29 bits per heavy atom. The van der Waals surface area contributed by atoms with Crippen LogP contribution in [0.3, 0.4) is 0 Å². The molecule has 17 heavy (non-hydrogen) atoms. The molecule has 6 heteroatoms. The number of nitro benzene ring substituents is 1. The number of halogens is 1. The van der Waals surface area contributed by atoms with E-state index in [0.29, 0.717) is 5.56 Å². The summed E-state index contributed by atoms with van der Waals surface area (Å²) in [5.74, 6) is 0.928. The molecule has 0 radical (unpaired) electrons. The van der Waals surface area contributed by atoms with Gasteiger partial charge in [0.25, 0.3) is 5.69 Å². The van der Waals surface area contributed by atoms with Gasteiger partial charge in [0.1, 0.15) is 5.82 Å². The topological polar surface area (TPSA) is 61.0 Å². The van der Waals surface area contributed by atoms with E-state index >= 15 is 0 Å². The number of aryl methyl sites for hydroxylation is 1. The number of rotatable bonds is 3. The Bertz CT molecular complexity index is 566. The molecule has 0 saturated carbocycles. The molecule has 0 amide bonds. The number of imidazole rings is 1. The predicted octanol–water partition coefficient (Wildman–Crippen LogP) is 2.83. The van der Waals surface area contributed by atoms with E-state index < -0.39 is 4.92 Å². The van der Waals surface area contributed by atoms with Gasteiger partial charge in [0, 0.05) is 29.7 Å². The molecule has 0 saturated heterocycles. The lowest BCUT2D eigenvalue weighted by molar-refractivity contribution is -0.385. The number of aromatic nitrogens is 2. The minimum atomic E-state index is -0.428. The van der Waals surface area contributed by atoms with Crippen molar-refractivity contribution in [2.75, 3.05) is 0 Å². The average molecular weight is 252 g/mol. The first-order chi connectivity index (χ1) is 8.13. The molecule has 2 rings (SSSR count). The van der Waals surface area contributed by atoms with E-state index in [1.807, 2.05) is 11.5 Å². The fraction of sp³-hybridized carbons (Fsp3) is 0.182. The molecule has 0 aliphatic carbocycles. The summed E-state index contributed by atoms with van der Waals surface area (Å²) >= 11 is 5.72. The molecule has 0 aliphatic heterocycles. The SMILES string of the molecule is Cc1nccn1-c1ccc([N+](=O)[O-])c(CCl)c1. The summed E-state index contributed by atoms with van der Waals surface area (Å²) in [4.78, 5) is 14.4. The zero-order chi connectivity index (χ0) is 12.4. The number of benzene rings is 1. The first kappa shape index (κ1) is 11.6. The quantitative estimate of drug-likeness (QED) is 0.479. The van der Waals surface area contributed by atoms with Crippen LogP contribution >= 0.6 is 11.6 Å². The van der Waals surface area contributed by atoms with Crippen LogP contribution < -0.4 is 0 Å². The van der Waals surface area contributed by atoms with E-state index in [1.165, 1.54) is 6.07 Å². The number of nitro groups is 1. The summed E-state index contributed by atoms with van der Waals surface area (Å²) < 4.78 is 1.85. The second kappa shape index (κ2) is 4.55. The second-order valence-corrected chi connectivity index (χ2v) is 3.82. The van der Waals surface area contributed by atoms with Crippen molar-refractivity contribution in [2.24, 2.45) is 0 Å². The van der Waals surface area contributed by atoms with Crippen molar-refractivity contribution < 1.29 is 4.92 Å². The molecule has 0 atom stereocenters. The molecule has 5 nitrogen and oxygen atoms in total. The zero-order valence-corrected chi connectivity index (χ0v) is 9.89. The largest absolute Gasteiger partial charge is 0.304 e. The Kier molecular flexibility index (Phi) is 3.10. The molecule has 0 spiro atoms. The van der Waals surface area contributed by atoms with Crippen LogP contribution in [0.4, 0.5) is 5.69 Å². The predicted molar refractivity (Wildman–Crippen MR) is 64.5 cm³/mol. The van der Waals surface area contributed by atoms with E-state index in [-0.39, 0.29) is 11.6 Å². The Balaban J connectivity index is 2.52. The van der Waals surface area contributed by atoms with Crippen LogP contribution in [0.2, 0.25) is 0 Å². The Labute approximate surface area is 103 Å². The average Bonchev–Trinajstić information content (AvgIpc) is 2.74. The highest BCUT2D eigenvalue weighted by Crippen LogP contribution is 2.24. The highest BCUT2D eigenvalue weighted by atomic mass is 35.5. The maximum atomic E-state index is 10.8. The summed E-state index contributed by atoms with van der Waals surface area (Å²) in [6, 6.07) is 4.86. The van der Waals surface area contributed by atoms with Crippen molar-refractivity contribution in [1.82, 2.24) is 9.55 Å². The fourth-order valence-corrected chi connectivity index (χ4v) is 1.87. The molecule has 0 bridgehead atoms. The molecular weight excluding hydrogens is 242 g/mol. The molecule has 0 fully saturated rings. The monoisotopic (exact) mass is 251 g/mol. The zero-order valence-electron chi connectivity index (χ0n) is 9.13. The Hall–Kier alpha value is -1.88. The summed E-state index contributed by atoms with van der Waals surface area (Å²) in [6.07, 6.45) is 3.48. The summed E-state index contributed by atoms with van der Waals surface area (Å²) in [5.41, 5.74) is 1.37. The van der Waals surface area contributed by atoms with Crippen LogP contribution in [0.5, 0.6) is 0 Å². The molecular formula is C11H10ClN3O2. The Morgan fingerprint density at radius 1 is 1.53 bits per heavy atom. The molecule has 1 heterocycles. The van der Waals surface area contributed by atoms with E-state index in [9.17, 15) is 10.1 Å². The third-order valence-corrected chi connectivity index (χ3v) is 2.80. The molecule has 0 N–H and O–H groups in total. The lowest BCUT2D eigenvalue weighted by atomic mass is 10.2. The normalized spacial score (nSPS) is 10.5. The van der Waals surface area contributed by atoms with Crippen molar-refractivity contribution in [3.05, 3.63) is 52.1 Å². The molecule has 2 aromatic rings. The third kappa shape index (κ3) is 2.14. The lowest BCUT2D eigenvalue weighted by Gasteiger charge is -2.06. The Morgan fingerprint density at radius 3 is 2.82 bits per heavy atom. The van der Waals surface area contributed by atoms with Crippen LogP contribution in [0, 0.1) is 17.0 Å². The highest BCUT2D eigenvalue weighted by Gasteiger charge is 2.14. The van der Waals surface area contributed by atoms with Crippen LogP contribution in [0.1, 0.15) is 11.4 Å². The van der Waals surface area contributed by atoms with E-state index in [4.69, 9.17) is 11.6 Å². The van der Waals surface area contributed by atoms with Crippen LogP contribution in [0.15, 0.2) is 30.6 Å². The van der Waals surface area contributed by atoms with Gasteiger partial charge in [-0.3, -0.25) is 10.1 Å². The van der Waals surface area contributed by atoms with Gasteiger partial charge in [0.2, 0.25) is 0 Å². The van der Waals surface area contributed by atoms with Crippen molar-refractivity contribution >= 4 is 17.3 Å². The van der Waals surface area contributed by atoms with Gasteiger partial charge in [0.05, 0.1) is 10.8 Å². The van der Waals surface area contributed by atoms with Crippen molar-refractivity contribution in [3.8, 4) is 5.69 Å². The van der Waals surface area contributed by atoms with Gasteiger partial charge in [-0.1, -0.05) is 0 Å². The van der Waals surface area contributed by atoms with Gasteiger partial charge in [-0.05, 0) is 19.1 Å². The molecule has 1 aromatic heterocycles. The molecule has 0 aliphatic rings. The van der Waals surface area contributed by atoms with Gasteiger partial charge in [-0.2, -0.15) is 0 Å². The van der Waals surface area contributed by atoms with E-state index in [2.05, 4.69) is 4.98 Å². The lowest BCUT2D eigenvalue weighted by Crippen LogP contribution is -1.99. The van der Waals surface area contributed by atoms with Gasteiger partial charge in [-0.15, -0.1) is 11.6 Å². The van der Waals surface area contributed by atoms with E-state index in [0.717, 1.165) is 11.5 Å². The standard InChI is InChI=1S/C11H10ClN3O2/c1-8-13-4-5-14(8)10-2-3-11(15(16)17)9(6-10)7-12/h2-6H,7H2,1H3. The number of nitrogens with zero attached hydrogens (tertiary/aromatic N) is 3. The number of hydrogen-bond acceptors (Lipinski definition) is 3. The van der Waals surface area contributed by atoms with Crippen LogP contribution in [-0.4, -0.2) is 14.5 Å². The minimum Gasteiger partial charge on any atom is -0.304 e. The highest BCUT2D eigenvalue weighted by molar-refractivity contribution is 6.17. The van der Waals surface area contributed by atoms with Gasteiger partial charge < -0.3 is 4.57 Å². The number of hydrogen-bond donors (Lipinski definition) is 0. The van der Waals surface area contributed by atoms with Gasteiger partial charge >= 0.3 is 0 Å². The van der Waals surface area contributed by atoms with Crippen LogP contribution in [-0.2, 0) is 5.88 Å². The second-order valence-electron chi connectivity index (χ2n) is 3.55. The van der Waals surface area contributed by atoms with E-state index in [1.54, 1.807) is 24.5 Å².